The number of benzene rings is 3. The molecule has 1 saturated heterocycles. The number of pyridine rings is 2. The Morgan fingerprint density at radius 1 is 0.776 bits per heavy atom. The van der Waals surface area contributed by atoms with Crippen molar-refractivity contribution in [1.29, 1.82) is 0 Å². The quantitative estimate of drug-likeness (QED) is 0.186. The number of fused-ring (bicyclic) bond motifs is 5. The van der Waals surface area contributed by atoms with Crippen molar-refractivity contribution in [1.82, 2.24) is 25.8 Å². The number of piperidine rings is 1. The zero-order valence-electron chi connectivity index (χ0n) is 27.7. The molecule has 6 heterocycles. The molecule has 6 aromatic rings. The second kappa shape index (κ2) is 11.9. The largest absolute Gasteiger partial charge is 0.335 e. The first kappa shape index (κ1) is 29.1. The van der Waals surface area contributed by atoms with Gasteiger partial charge in [-0.25, -0.2) is 4.98 Å². The van der Waals surface area contributed by atoms with Gasteiger partial charge in [-0.1, -0.05) is 78.0 Å². The molecule has 0 radical (unpaired) electrons. The van der Waals surface area contributed by atoms with E-state index < -0.39 is 0 Å². The van der Waals surface area contributed by atoms with E-state index in [1.165, 1.54) is 52.8 Å². The van der Waals surface area contributed by atoms with Crippen molar-refractivity contribution in [2.75, 3.05) is 24.5 Å². The van der Waals surface area contributed by atoms with Gasteiger partial charge in [0, 0.05) is 41.5 Å². The number of hydrogen-bond donors (Lipinski definition) is 2. The van der Waals surface area contributed by atoms with E-state index in [2.05, 4.69) is 100 Å². The number of hydrogen-bond acceptors (Lipinski definition) is 7. The monoisotopic (exact) mass is 644 g/mol. The minimum atomic E-state index is -0.0826. The van der Waals surface area contributed by atoms with Gasteiger partial charge in [0.2, 0.25) is 0 Å². The maximum atomic E-state index is 6.48. The highest BCUT2D eigenvalue weighted by molar-refractivity contribution is 6.05. The Bertz CT molecular complexity index is 2250. The van der Waals surface area contributed by atoms with E-state index in [0.717, 1.165) is 84.1 Å². The van der Waals surface area contributed by atoms with E-state index in [1.807, 2.05) is 6.20 Å². The predicted molar refractivity (Wildman–Crippen MR) is 195 cm³/mol. The minimum absolute atomic E-state index is 0.00784. The summed E-state index contributed by atoms with van der Waals surface area (Å²) in [6.45, 7) is 2.71. The van der Waals surface area contributed by atoms with Crippen molar-refractivity contribution in [2.45, 2.75) is 57.0 Å². The van der Waals surface area contributed by atoms with Gasteiger partial charge in [0.15, 0.2) is 5.52 Å². The number of nitrogens with zero attached hydrogens (tertiary/aromatic N) is 4. The third kappa shape index (κ3) is 4.74. The van der Waals surface area contributed by atoms with E-state index in [-0.39, 0.29) is 12.1 Å². The minimum Gasteiger partial charge on any atom is -0.335 e. The van der Waals surface area contributed by atoms with Gasteiger partial charge >= 0.3 is 0 Å². The molecule has 3 aliphatic heterocycles. The Kier molecular flexibility index (Phi) is 7.09. The Morgan fingerprint density at radius 2 is 1.63 bits per heavy atom. The van der Waals surface area contributed by atoms with Crippen LogP contribution >= 0.6 is 0 Å². The average Bonchev–Trinajstić information content (AvgIpc) is 3.60. The first-order valence-corrected chi connectivity index (χ1v) is 18.1. The van der Waals surface area contributed by atoms with Gasteiger partial charge in [0.05, 0.1) is 23.5 Å². The number of aromatic nitrogens is 3. The molecule has 0 amide bonds. The van der Waals surface area contributed by atoms with E-state index in [1.54, 1.807) is 0 Å². The summed E-state index contributed by atoms with van der Waals surface area (Å²) in [5.41, 5.74) is 12.5. The lowest BCUT2D eigenvalue weighted by Gasteiger charge is -2.39. The molecule has 0 spiro atoms. The average molecular weight is 645 g/mol. The molecule has 0 bridgehead atoms. The molecule has 1 fully saturated rings. The van der Waals surface area contributed by atoms with Crippen LogP contribution in [0.4, 0.5) is 11.6 Å². The molecule has 4 aliphatic rings. The van der Waals surface area contributed by atoms with E-state index in [4.69, 9.17) is 19.6 Å². The van der Waals surface area contributed by atoms with Gasteiger partial charge in [-0.05, 0) is 97.2 Å². The van der Waals surface area contributed by atoms with Crippen LogP contribution < -0.4 is 15.5 Å². The van der Waals surface area contributed by atoms with Crippen LogP contribution in [0, 0.1) is 5.92 Å². The molecular formula is C42H40N6O. The summed E-state index contributed by atoms with van der Waals surface area (Å²) in [6.07, 6.45) is 12.3. The van der Waals surface area contributed by atoms with E-state index in [9.17, 15) is 0 Å². The normalized spacial score (nSPS) is 22.0. The van der Waals surface area contributed by atoms with Gasteiger partial charge in [-0.2, -0.15) is 0 Å². The predicted octanol–water partition coefficient (Wildman–Crippen LogP) is 8.52. The zero-order valence-corrected chi connectivity index (χ0v) is 27.7. The fourth-order valence-electron chi connectivity index (χ4n) is 9.14. The molecule has 3 aromatic carbocycles. The Balaban J connectivity index is 1.32. The van der Waals surface area contributed by atoms with Crippen LogP contribution in [-0.2, 0) is 12.8 Å². The third-order valence-electron chi connectivity index (χ3n) is 11.4. The summed E-state index contributed by atoms with van der Waals surface area (Å²) in [7, 11) is 0. The molecular weight excluding hydrogens is 605 g/mol. The summed E-state index contributed by atoms with van der Waals surface area (Å²) in [6, 6.07) is 28.2. The van der Waals surface area contributed by atoms with Crippen LogP contribution in [0.5, 0.6) is 0 Å². The molecule has 2 N–H and O–H groups in total. The lowest BCUT2D eigenvalue weighted by atomic mass is 9.74. The van der Waals surface area contributed by atoms with Crippen molar-refractivity contribution >= 4 is 33.4 Å². The van der Waals surface area contributed by atoms with E-state index in [0.29, 0.717) is 11.8 Å². The molecule has 3 aromatic heterocycles. The molecule has 244 valence electrons. The van der Waals surface area contributed by atoms with Gasteiger partial charge in [-0.3, -0.25) is 4.98 Å². The lowest BCUT2D eigenvalue weighted by Crippen LogP contribution is -2.38. The number of anilines is 2. The second-order valence-corrected chi connectivity index (χ2v) is 14.1. The Hall–Kier alpha value is -4.85. The van der Waals surface area contributed by atoms with Crippen molar-refractivity contribution in [3.63, 3.8) is 0 Å². The Labute approximate surface area is 286 Å². The summed E-state index contributed by atoms with van der Waals surface area (Å²) in [5, 5.41) is 15.2. The van der Waals surface area contributed by atoms with Gasteiger partial charge in [-0.15, -0.1) is 0 Å². The lowest BCUT2D eigenvalue weighted by molar-refractivity contribution is 0.362. The molecule has 49 heavy (non-hydrogen) atoms. The third-order valence-corrected chi connectivity index (χ3v) is 11.4. The van der Waals surface area contributed by atoms with Crippen molar-refractivity contribution in [2.24, 2.45) is 5.92 Å². The standard InChI is InChI=1S/C42H40N6O/c1-5-15-30-26(10-1)19-22-43-36(30)34-35(37-31-16-6-2-11-27(31)20-23-44-37)40-41(46-39(34)38-32-17-7-3-12-28(32)21-24-45-38)42(49-47-40)48-25-9-14-29-13-4-8-18-33(29)48/h2-4,6-8,11-13,15-18,20,23,26,36,38,43,45H,1,5,9-10,14,19,21-22,24-25H2. The molecule has 3 unspecified atom stereocenters. The molecule has 3 atom stereocenters. The van der Waals surface area contributed by atoms with Gasteiger partial charge < -0.3 is 20.1 Å². The van der Waals surface area contributed by atoms with Crippen LogP contribution in [0.1, 0.15) is 72.1 Å². The van der Waals surface area contributed by atoms with Crippen LogP contribution in [-0.4, -0.2) is 34.8 Å². The van der Waals surface area contributed by atoms with Crippen LogP contribution in [0.2, 0.25) is 0 Å². The Morgan fingerprint density at radius 3 is 2.61 bits per heavy atom. The first-order chi connectivity index (χ1) is 24.3. The highest BCUT2D eigenvalue weighted by Gasteiger charge is 2.39. The second-order valence-electron chi connectivity index (χ2n) is 14.1. The van der Waals surface area contributed by atoms with Crippen molar-refractivity contribution in [3.8, 4) is 11.3 Å². The molecule has 10 rings (SSSR count). The summed E-state index contributed by atoms with van der Waals surface area (Å²) >= 11 is 0. The SMILES string of the molecule is C1=C2C(CCC1)CCNC2c1c(C2NCCc3ccccc32)nc2c(N3CCCc4ccccc43)onc2c1-c1nccc2ccccc12. The number of para-hydroxylation sites is 1. The highest BCUT2D eigenvalue weighted by atomic mass is 16.5. The highest BCUT2D eigenvalue weighted by Crippen LogP contribution is 2.49. The number of aryl methyl sites for hydroxylation is 1. The fourth-order valence-corrected chi connectivity index (χ4v) is 9.14. The van der Waals surface area contributed by atoms with Gasteiger partial charge in [0.25, 0.3) is 5.88 Å². The topological polar surface area (TPSA) is 79.1 Å². The maximum Gasteiger partial charge on any atom is 0.258 e. The number of nitrogens with one attached hydrogen (secondary N) is 2. The smallest absolute Gasteiger partial charge is 0.258 e. The summed E-state index contributed by atoms with van der Waals surface area (Å²) in [5.74, 6) is 1.29. The number of rotatable bonds is 4. The first-order valence-electron chi connectivity index (χ1n) is 18.1. The summed E-state index contributed by atoms with van der Waals surface area (Å²) < 4.78 is 6.48. The molecule has 7 heteroatoms. The van der Waals surface area contributed by atoms with Crippen molar-refractivity contribution < 1.29 is 4.52 Å². The van der Waals surface area contributed by atoms with Crippen LogP contribution in [0.15, 0.2) is 101 Å². The van der Waals surface area contributed by atoms with Crippen LogP contribution in [0.3, 0.4) is 0 Å². The fraction of sp³-hybridized carbons (Fsp3) is 0.310. The van der Waals surface area contributed by atoms with Gasteiger partial charge in [0.1, 0.15) is 5.52 Å². The van der Waals surface area contributed by atoms with E-state index >= 15 is 0 Å². The summed E-state index contributed by atoms with van der Waals surface area (Å²) in [4.78, 5) is 13.2. The molecule has 7 nitrogen and oxygen atoms in total. The number of allylic oxidation sites excluding steroid dienone is 1. The molecule has 0 saturated carbocycles. The maximum absolute atomic E-state index is 6.48. The van der Waals surface area contributed by atoms with Crippen molar-refractivity contribution in [3.05, 3.63) is 125 Å². The molecule has 1 aliphatic carbocycles. The zero-order chi connectivity index (χ0) is 32.3. The van der Waals surface area contributed by atoms with Crippen LogP contribution in [0.25, 0.3) is 33.1 Å².